The lowest BCUT2D eigenvalue weighted by atomic mass is 10.2. The molecule has 0 atom stereocenters. The van der Waals surface area contributed by atoms with E-state index in [1.54, 1.807) is 5.38 Å². The highest BCUT2D eigenvalue weighted by atomic mass is 35.5. The first-order valence-corrected chi connectivity index (χ1v) is 7.46. The number of ketones is 1. The van der Waals surface area contributed by atoms with E-state index in [1.807, 2.05) is 12.1 Å². The fraction of sp³-hybridized carbons (Fsp3) is 0.286. The van der Waals surface area contributed by atoms with Gasteiger partial charge in [-0.15, -0.1) is 22.9 Å². The lowest BCUT2D eigenvalue weighted by molar-refractivity contribution is 0.101. The van der Waals surface area contributed by atoms with Crippen molar-refractivity contribution < 1.29 is 4.79 Å². The zero-order valence-electron chi connectivity index (χ0n) is 10.9. The van der Waals surface area contributed by atoms with Crippen molar-refractivity contribution >= 4 is 39.5 Å². The third kappa shape index (κ3) is 2.96. The van der Waals surface area contributed by atoms with Gasteiger partial charge in [-0.1, -0.05) is 18.2 Å². The van der Waals surface area contributed by atoms with Crippen molar-refractivity contribution in [1.82, 2.24) is 4.98 Å². The number of halogens is 1. The minimum Gasteiger partial charge on any atom is -0.318 e. The molecule has 0 fully saturated rings. The number of carbonyl (C=O) groups excluding carboxylic acids is 1. The molecule has 0 bridgehead atoms. The number of carbonyl (C=O) groups is 1. The molecule has 0 aliphatic carbocycles. The summed E-state index contributed by atoms with van der Waals surface area (Å²) in [7, 11) is 0. The Balaban J connectivity index is 2.35. The Kier molecular flexibility index (Phi) is 4.56. The van der Waals surface area contributed by atoms with Crippen molar-refractivity contribution in [3.05, 3.63) is 40.9 Å². The third-order valence-electron chi connectivity index (χ3n) is 2.85. The summed E-state index contributed by atoms with van der Waals surface area (Å²) in [6.07, 6.45) is 0. The molecular weight excluding hydrogens is 280 g/mol. The third-order valence-corrected chi connectivity index (χ3v) is 3.96. The van der Waals surface area contributed by atoms with Gasteiger partial charge in [0.25, 0.3) is 0 Å². The Hall–Kier alpha value is -1.39. The molecule has 0 spiro atoms. The monoisotopic (exact) mass is 294 g/mol. The van der Waals surface area contributed by atoms with Crippen LogP contribution in [0.2, 0.25) is 0 Å². The van der Waals surface area contributed by atoms with Gasteiger partial charge in [-0.25, -0.2) is 4.98 Å². The van der Waals surface area contributed by atoms with Crippen LogP contribution in [0.15, 0.2) is 29.6 Å². The fourth-order valence-electron chi connectivity index (χ4n) is 1.86. The van der Waals surface area contributed by atoms with Crippen molar-refractivity contribution in [2.24, 2.45) is 0 Å². The Morgan fingerprint density at radius 3 is 2.79 bits per heavy atom. The lowest BCUT2D eigenvalue weighted by Gasteiger charge is -2.21. The minimum absolute atomic E-state index is 0.0281. The van der Waals surface area contributed by atoms with E-state index in [9.17, 15) is 4.79 Å². The molecule has 100 valence electrons. The number of thiazole rings is 1. The van der Waals surface area contributed by atoms with Crippen LogP contribution in [0.4, 0.5) is 10.8 Å². The second-order valence-corrected chi connectivity index (χ2v) is 5.21. The van der Waals surface area contributed by atoms with E-state index in [1.165, 1.54) is 16.9 Å². The predicted octanol–water partition coefficient (Wildman–Crippen LogP) is 4.03. The van der Waals surface area contributed by atoms with Crippen LogP contribution in [0.3, 0.4) is 0 Å². The number of alkyl halides is 1. The van der Waals surface area contributed by atoms with E-state index < -0.39 is 0 Å². The fourth-order valence-corrected chi connectivity index (χ4v) is 2.90. The zero-order chi connectivity index (χ0) is 13.8. The first-order valence-electron chi connectivity index (χ1n) is 6.05. The van der Waals surface area contributed by atoms with Gasteiger partial charge in [0.2, 0.25) is 0 Å². The maximum Gasteiger partial charge on any atom is 0.196 e. The molecule has 2 rings (SSSR count). The molecule has 2 aromatic rings. The van der Waals surface area contributed by atoms with E-state index in [-0.39, 0.29) is 11.7 Å². The number of aromatic nitrogens is 1. The summed E-state index contributed by atoms with van der Waals surface area (Å²) in [6, 6.07) is 8.14. The second kappa shape index (κ2) is 6.17. The van der Waals surface area contributed by atoms with Crippen LogP contribution < -0.4 is 4.90 Å². The Morgan fingerprint density at radius 2 is 2.16 bits per heavy atom. The average Bonchev–Trinajstić information content (AvgIpc) is 2.90. The molecule has 1 heterocycles. The Labute approximate surface area is 121 Å². The highest BCUT2D eigenvalue weighted by Gasteiger charge is 2.16. The highest BCUT2D eigenvalue weighted by Crippen LogP contribution is 2.30. The van der Waals surface area contributed by atoms with Crippen molar-refractivity contribution in [2.45, 2.75) is 13.8 Å². The van der Waals surface area contributed by atoms with Crippen molar-refractivity contribution in [3.8, 4) is 0 Å². The molecule has 0 radical (unpaired) electrons. The quantitative estimate of drug-likeness (QED) is 0.616. The molecule has 3 nitrogen and oxygen atoms in total. The van der Waals surface area contributed by atoms with Crippen LogP contribution in [-0.2, 0) is 0 Å². The molecule has 0 aliphatic heterocycles. The molecule has 1 aromatic heterocycles. The molecule has 1 aromatic carbocycles. The van der Waals surface area contributed by atoms with Gasteiger partial charge in [0.1, 0.15) is 5.69 Å². The molecule has 0 amide bonds. The first-order chi connectivity index (χ1) is 9.17. The average molecular weight is 295 g/mol. The standard InChI is InChI=1S/C14H15ClN2OS/c1-3-17(12-7-5-4-6-10(12)2)14-16-11(9-19-14)13(18)8-15/h4-7,9H,3,8H2,1-2H3. The SMILES string of the molecule is CCN(c1nc(C(=O)CCl)cs1)c1ccccc1C. The summed E-state index contributed by atoms with van der Waals surface area (Å²) in [5, 5.41) is 2.59. The molecule has 0 saturated carbocycles. The number of benzene rings is 1. The molecule has 0 aliphatic rings. The van der Waals surface area contributed by atoms with Gasteiger partial charge in [-0.05, 0) is 25.5 Å². The summed E-state index contributed by atoms with van der Waals surface area (Å²) >= 11 is 7.02. The smallest absolute Gasteiger partial charge is 0.196 e. The predicted molar refractivity (Wildman–Crippen MR) is 81.0 cm³/mol. The number of anilines is 2. The van der Waals surface area contributed by atoms with Gasteiger partial charge in [-0.3, -0.25) is 4.79 Å². The number of hydrogen-bond donors (Lipinski definition) is 0. The topological polar surface area (TPSA) is 33.2 Å². The van der Waals surface area contributed by atoms with E-state index >= 15 is 0 Å². The molecule has 5 heteroatoms. The number of nitrogens with zero attached hydrogens (tertiary/aromatic N) is 2. The van der Waals surface area contributed by atoms with Gasteiger partial charge < -0.3 is 4.90 Å². The number of para-hydroxylation sites is 1. The van der Waals surface area contributed by atoms with Gasteiger partial charge >= 0.3 is 0 Å². The van der Waals surface area contributed by atoms with Crippen molar-refractivity contribution in [1.29, 1.82) is 0 Å². The summed E-state index contributed by atoms with van der Waals surface area (Å²) < 4.78 is 0. The number of Topliss-reactive ketones (excluding diaryl/α,β-unsaturated/α-hetero) is 1. The zero-order valence-corrected chi connectivity index (χ0v) is 12.5. The Morgan fingerprint density at radius 1 is 1.42 bits per heavy atom. The summed E-state index contributed by atoms with van der Waals surface area (Å²) in [5.41, 5.74) is 2.75. The number of aryl methyl sites for hydroxylation is 1. The summed E-state index contributed by atoms with van der Waals surface area (Å²) in [5.74, 6) is -0.162. The van der Waals surface area contributed by atoms with Gasteiger partial charge in [0, 0.05) is 17.6 Å². The van der Waals surface area contributed by atoms with Gasteiger partial charge in [-0.2, -0.15) is 0 Å². The van der Waals surface area contributed by atoms with Crippen LogP contribution >= 0.6 is 22.9 Å². The van der Waals surface area contributed by atoms with Crippen molar-refractivity contribution in [3.63, 3.8) is 0 Å². The van der Waals surface area contributed by atoms with E-state index in [0.29, 0.717) is 5.69 Å². The molecular formula is C14H15ClN2OS. The molecule has 0 unspecified atom stereocenters. The molecule has 0 N–H and O–H groups in total. The van der Waals surface area contributed by atoms with Crippen LogP contribution in [0.5, 0.6) is 0 Å². The molecule has 0 saturated heterocycles. The van der Waals surface area contributed by atoms with E-state index in [0.717, 1.165) is 17.4 Å². The van der Waals surface area contributed by atoms with Crippen LogP contribution in [0.1, 0.15) is 23.0 Å². The van der Waals surface area contributed by atoms with E-state index in [2.05, 4.69) is 35.9 Å². The van der Waals surface area contributed by atoms with Crippen molar-refractivity contribution in [2.75, 3.05) is 17.3 Å². The maximum absolute atomic E-state index is 11.5. The lowest BCUT2D eigenvalue weighted by Crippen LogP contribution is -2.17. The van der Waals surface area contributed by atoms with Gasteiger partial charge in [0.05, 0.1) is 5.88 Å². The minimum atomic E-state index is -0.134. The van der Waals surface area contributed by atoms with Gasteiger partial charge in [0.15, 0.2) is 10.9 Å². The Bertz CT molecular complexity index is 582. The largest absolute Gasteiger partial charge is 0.318 e. The summed E-state index contributed by atoms with van der Waals surface area (Å²) in [4.78, 5) is 18.0. The summed E-state index contributed by atoms with van der Waals surface area (Å²) in [6.45, 7) is 4.93. The first kappa shape index (κ1) is 14.0. The maximum atomic E-state index is 11.5. The number of hydrogen-bond acceptors (Lipinski definition) is 4. The normalized spacial score (nSPS) is 10.5. The van der Waals surface area contributed by atoms with Crippen LogP contribution in [0.25, 0.3) is 0 Å². The van der Waals surface area contributed by atoms with E-state index in [4.69, 9.17) is 11.6 Å². The highest BCUT2D eigenvalue weighted by molar-refractivity contribution is 7.14. The molecule has 19 heavy (non-hydrogen) atoms. The van der Waals surface area contributed by atoms with Crippen LogP contribution in [0, 0.1) is 6.92 Å². The van der Waals surface area contributed by atoms with Crippen LogP contribution in [-0.4, -0.2) is 23.2 Å². The second-order valence-electron chi connectivity index (χ2n) is 4.10. The number of rotatable bonds is 5.